The van der Waals surface area contributed by atoms with E-state index in [-0.39, 0.29) is 32.9 Å². The summed E-state index contributed by atoms with van der Waals surface area (Å²) < 4.78 is 32.1. The Labute approximate surface area is 154 Å². The minimum Gasteiger partial charge on any atom is -0.419 e. The number of nitrogens with zero attached hydrogens (tertiary/aromatic N) is 3. The molecule has 1 fully saturated rings. The summed E-state index contributed by atoms with van der Waals surface area (Å²) in [5.74, 6) is -1.24. The van der Waals surface area contributed by atoms with Crippen LogP contribution >= 0.6 is 11.3 Å². The standard InChI is InChI=1S/C15H18N4O5S2/c1-9-17-18-15(24-9)11(20)8-12-10(14(16)21)7-13(25-12)26(22,23)19-5-3-2-4-6-19/h7H,2-6,8H2,1H3,(H2,16,21). The molecule has 11 heteroatoms. The zero-order valence-electron chi connectivity index (χ0n) is 14.1. The van der Waals surface area contributed by atoms with Gasteiger partial charge in [0.25, 0.3) is 15.9 Å². The molecule has 0 bridgehead atoms. The van der Waals surface area contributed by atoms with Gasteiger partial charge in [-0.1, -0.05) is 6.42 Å². The Kier molecular flexibility index (Phi) is 5.21. The van der Waals surface area contributed by atoms with Crippen molar-refractivity contribution in [1.29, 1.82) is 0 Å². The number of carbonyl (C=O) groups is 2. The second-order valence-electron chi connectivity index (χ2n) is 5.96. The largest absolute Gasteiger partial charge is 0.419 e. The molecule has 3 rings (SSSR count). The molecule has 0 aromatic carbocycles. The van der Waals surface area contributed by atoms with Crippen LogP contribution in [0.2, 0.25) is 0 Å². The topological polar surface area (TPSA) is 136 Å². The summed E-state index contributed by atoms with van der Waals surface area (Å²) >= 11 is 0.877. The third-order valence-corrected chi connectivity index (χ3v) is 7.53. The highest BCUT2D eigenvalue weighted by Crippen LogP contribution is 2.31. The van der Waals surface area contributed by atoms with Crippen molar-refractivity contribution in [1.82, 2.24) is 14.5 Å². The van der Waals surface area contributed by atoms with Crippen LogP contribution in [-0.4, -0.2) is 47.7 Å². The van der Waals surface area contributed by atoms with E-state index in [0.717, 1.165) is 30.6 Å². The lowest BCUT2D eigenvalue weighted by atomic mass is 10.1. The molecule has 0 unspecified atom stereocenters. The summed E-state index contributed by atoms with van der Waals surface area (Å²) in [4.78, 5) is 24.3. The number of ketones is 1. The number of primary amides is 1. The molecule has 140 valence electrons. The molecule has 1 aliphatic rings. The van der Waals surface area contributed by atoms with Crippen LogP contribution in [-0.2, 0) is 16.4 Å². The van der Waals surface area contributed by atoms with Crippen LogP contribution < -0.4 is 5.73 Å². The molecule has 1 saturated heterocycles. The maximum atomic E-state index is 12.8. The predicted octanol–water partition coefficient (Wildman–Crippen LogP) is 1.14. The van der Waals surface area contributed by atoms with Gasteiger partial charge in [0.1, 0.15) is 4.21 Å². The Bertz CT molecular complexity index is 941. The predicted molar refractivity (Wildman–Crippen MR) is 92.5 cm³/mol. The van der Waals surface area contributed by atoms with Gasteiger partial charge in [-0.25, -0.2) is 8.42 Å². The quantitative estimate of drug-likeness (QED) is 0.720. The Morgan fingerprint density at radius 1 is 1.27 bits per heavy atom. The Hall–Kier alpha value is -2.11. The van der Waals surface area contributed by atoms with E-state index in [1.165, 1.54) is 10.4 Å². The molecule has 0 radical (unpaired) electrons. The number of piperidine rings is 1. The number of aromatic nitrogens is 2. The molecular formula is C15H18N4O5S2. The van der Waals surface area contributed by atoms with E-state index in [2.05, 4.69) is 10.2 Å². The van der Waals surface area contributed by atoms with E-state index >= 15 is 0 Å². The molecule has 2 N–H and O–H groups in total. The molecular weight excluding hydrogens is 380 g/mol. The summed E-state index contributed by atoms with van der Waals surface area (Å²) in [6.07, 6.45) is 2.36. The van der Waals surface area contributed by atoms with Crippen molar-refractivity contribution in [3.8, 4) is 0 Å². The fraction of sp³-hybridized carbons (Fsp3) is 0.467. The SMILES string of the molecule is Cc1nnc(C(=O)Cc2sc(S(=O)(=O)N3CCCCC3)cc2C(N)=O)o1. The number of aryl methyl sites for hydroxylation is 1. The first-order valence-corrected chi connectivity index (χ1v) is 10.3. The number of carbonyl (C=O) groups excluding carboxylic acids is 2. The van der Waals surface area contributed by atoms with Crippen molar-refractivity contribution in [2.75, 3.05) is 13.1 Å². The maximum absolute atomic E-state index is 12.8. The van der Waals surface area contributed by atoms with Crippen molar-refractivity contribution in [3.63, 3.8) is 0 Å². The average Bonchev–Trinajstić information content (AvgIpc) is 3.22. The van der Waals surface area contributed by atoms with Gasteiger partial charge in [0, 0.05) is 24.9 Å². The normalized spacial score (nSPS) is 15.9. The van der Waals surface area contributed by atoms with Crippen molar-refractivity contribution < 1.29 is 22.4 Å². The highest BCUT2D eigenvalue weighted by atomic mass is 32.2. The van der Waals surface area contributed by atoms with E-state index in [9.17, 15) is 18.0 Å². The van der Waals surface area contributed by atoms with Crippen LogP contribution in [0, 0.1) is 6.92 Å². The molecule has 9 nitrogen and oxygen atoms in total. The van der Waals surface area contributed by atoms with Crippen LogP contribution in [0.25, 0.3) is 0 Å². The first-order chi connectivity index (χ1) is 12.3. The van der Waals surface area contributed by atoms with Crippen LogP contribution in [0.4, 0.5) is 0 Å². The molecule has 1 aliphatic heterocycles. The molecule has 0 atom stereocenters. The molecule has 2 aromatic heterocycles. The van der Waals surface area contributed by atoms with Gasteiger partial charge in [-0.2, -0.15) is 4.31 Å². The highest BCUT2D eigenvalue weighted by Gasteiger charge is 2.30. The van der Waals surface area contributed by atoms with Gasteiger partial charge in [0.2, 0.25) is 17.6 Å². The third kappa shape index (κ3) is 3.69. The molecule has 26 heavy (non-hydrogen) atoms. The van der Waals surface area contributed by atoms with Gasteiger partial charge in [0.15, 0.2) is 0 Å². The van der Waals surface area contributed by atoms with E-state index in [1.54, 1.807) is 6.92 Å². The fourth-order valence-electron chi connectivity index (χ4n) is 2.73. The maximum Gasteiger partial charge on any atom is 0.284 e. The molecule has 3 heterocycles. The second kappa shape index (κ2) is 7.25. The first-order valence-electron chi connectivity index (χ1n) is 8.05. The Balaban J connectivity index is 1.91. The summed E-state index contributed by atoms with van der Waals surface area (Å²) in [6, 6.07) is 1.25. The van der Waals surface area contributed by atoms with E-state index in [1.807, 2.05) is 0 Å². The lowest BCUT2D eigenvalue weighted by molar-refractivity contribution is 0.0959. The number of rotatable bonds is 6. The number of amides is 1. The summed E-state index contributed by atoms with van der Waals surface area (Å²) in [5, 5.41) is 7.23. The minimum absolute atomic E-state index is 0.0118. The van der Waals surface area contributed by atoms with E-state index < -0.39 is 21.7 Å². The minimum atomic E-state index is -3.71. The van der Waals surface area contributed by atoms with Gasteiger partial charge in [-0.15, -0.1) is 21.5 Å². The van der Waals surface area contributed by atoms with E-state index in [0.29, 0.717) is 13.1 Å². The van der Waals surface area contributed by atoms with Gasteiger partial charge in [-0.05, 0) is 18.9 Å². The molecule has 1 amide bonds. The summed E-state index contributed by atoms with van der Waals surface area (Å²) in [5.41, 5.74) is 5.39. The summed E-state index contributed by atoms with van der Waals surface area (Å²) in [6.45, 7) is 2.44. The zero-order chi connectivity index (χ0) is 18.9. The van der Waals surface area contributed by atoms with Gasteiger partial charge < -0.3 is 10.2 Å². The number of Topliss-reactive ketones (excluding diaryl/α,β-unsaturated/α-hetero) is 1. The van der Waals surface area contributed by atoms with E-state index in [4.69, 9.17) is 10.2 Å². The molecule has 2 aromatic rings. The lowest BCUT2D eigenvalue weighted by Crippen LogP contribution is -2.35. The van der Waals surface area contributed by atoms with Crippen molar-refractivity contribution in [3.05, 3.63) is 28.3 Å². The summed E-state index contributed by atoms with van der Waals surface area (Å²) in [7, 11) is -3.71. The molecule has 0 saturated carbocycles. The van der Waals surface area contributed by atoms with Crippen LogP contribution in [0.1, 0.15) is 51.1 Å². The third-order valence-electron chi connectivity index (χ3n) is 4.05. The zero-order valence-corrected chi connectivity index (χ0v) is 15.7. The highest BCUT2D eigenvalue weighted by molar-refractivity contribution is 7.91. The van der Waals surface area contributed by atoms with Crippen molar-refractivity contribution in [2.45, 2.75) is 36.8 Å². The van der Waals surface area contributed by atoms with Crippen LogP contribution in [0.5, 0.6) is 0 Å². The fourth-order valence-corrected chi connectivity index (χ4v) is 5.93. The first kappa shape index (κ1) is 18.7. The number of nitrogens with two attached hydrogens (primary N) is 1. The molecule has 0 spiro atoms. The average molecular weight is 398 g/mol. The van der Waals surface area contributed by atoms with Crippen LogP contribution in [0.15, 0.2) is 14.7 Å². The number of hydrogen-bond donors (Lipinski definition) is 1. The smallest absolute Gasteiger partial charge is 0.284 e. The van der Waals surface area contributed by atoms with Crippen LogP contribution in [0.3, 0.4) is 0 Å². The Morgan fingerprint density at radius 2 is 1.96 bits per heavy atom. The molecule has 0 aliphatic carbocycles. The monoisotopic (exact) mass is 398 g/mol. The van der Waals surface area contributed by atoms with Gasteiger partial charge in [-0.3, -0.25) is 9.59 Å². The number of thiophene rings is 1. The van der Waals surface area contributed by atoms with Gasteiger partial charge in [0.05, 0.1) is 12.0 Å². The Morgan fingerprint density at radius 3 is 2.54 bits per heavy atom. The lowest BCUT2D eigenvalue weighted by Gasteiger charge is -2.25. The second-order valence-corrected chi connectivity index (χ2v) is 9.26. The van der Waals surface area contributed by atoms with Gasteiger partial charge >= 0.3 is 0 Å². The number of sulfonamides is 1. The number of hydrogen-bond acceptors (Lipinski definition) is 8. The van der Waals surface area contributed by atoms with Crippen molar-refractivity contribution >= 4 is 33.1 Å². The van der Waals surface area contributed by atoms with Crippen molar-refractivity contribution in [2.24, 2.45) is 5.73 Å².